The van der Waals surface area contributed by atoms with E-state index < -0.39 is 12.0 Å². The zero-order chi connectivity index (χ0) is 33.7. The second kappa shape index (κ2) is 14.9. The van der Waals surface area contributed by atoms with E-state index in [9.17, 15) is 9.59 Å². The number of rotatable bonds is 12. The van der Waals surface area contributed by atoms with Gasteiger partial charge in [-0.25, -0.2) is 9.79 Å². The van der Waals surface area contributed by atoms with Gasteiger partial charge in [-0.15, -0.1) is 6.58 Å². The summed E-state index contributed by atoms with van der Waals surface area (Å²) in [6.07, 6.45) is 3.80. The number of aromatic nitrogens is 1. The van der Waals surface area contributed by atoms with Gasteiger partial charge in [-0.05, 0) is 93.3 Å². The van der Waals surface area contributed by atoms with Crippen LogP contribution >= 0.6 is 22.9 Å². The first-order valence-electron chi connectivity index (χ1n) is 15.3. The molecule has 0 N–H and O–H groups in total. The minimum absolute atomic E-state index is 0.275. The Morgan fingerprint density at radius 1 is 1.11 bits per heavy atom. The number of hydrogen-bond acceptors (Lipinski definition) is 8. The van der Waals surface area contributed by atoms with E-state index in [-0.39, 0.29) is 11.7 Å². The van der Waals surface area contributed by atoms with Gasteiger partial charge in [0.2, 0.25) is 0 Å². The Morgan fingerprint density at radius 3 is 2.47 bits per heavy atom. The van der Waals surface area contributed by atoms with Gasteiger partial charge in [-0.1, -0.05) is 53.3 Å². The molecule has 47 heavy (non-hydrogen) atoms. The van der Waals surface area contributed by atoms with Gasteiger partial charge in [-0.3, -0.25) is 9.36 Å². The van der Waals surface area contributed by atoms with Crippen LogP contribution < -0.4 is 29.1 Å². The Kier molecular flexibility index (Phi) is 10.7. The van der Waals surface area contributed by atoms with Crippen LogP contribution in [0.25, 0.3) is 6.08 Å². The van der Waals surface area contributed by atoms with Gasteiger partial charge in [0.1, 0.15) is 12.4 Å². The van der Waals surface area contributed by atoms with E-state index in [4.69, 9.17) is 35.5 Å². The molecule has 4 aromatic rings. The molecule has 0 aliphatic carbocycles. The quantitative estimate of drug-likeness (QED) is 0.125. The van der Waals surface area contributed by atoms with E-state index in [1.54, 1.807) is 50.7 Å². The van der Waals surface area contributed by atoms with Crippen molar-refractivity contribution in [3.05, 3.63) is 132 Å². The second-order valence-corrected chi connectivity index (χ2v) is 12.6. The van der Waals surface area contributed by atoms with Crippen molar-refractivity contribution in [3.8, 4) is 17.2 Å². The number of fused-ring (bicyclic) bond motifs is 1. The van der Waals surface area contributed by atoms with Crippen LogP contribution in [0.1, 0.15) is 56.0 Å². The number of allylic oxidation sites excluding steroid dienone is 2. The smallest absolute Gasteiger partial charge is 0.338 e. The van der Waals surface area contributed by atoms with Gasteiger partial charge in [-0.2, -0.15) is 0 Å². The van der Waals surface area contributed by atoms with Crippen LogP contribution in [0, 0.1) is 0 Å². The highest BCUT2D eigenvalue weighted by molar-refractivity contribution is 7.07. The fourth-order valence-corrected chi connectivity index (χ4v) is 6.52. The lowest BCUT2D eigenvalue weighted by Crippen LogP contribution is -2.40. The monoisotopic (exact) mass is 672 g/mol. The van der Waals surface area contributed by atoms with Gasteiger partial charge in [0.05, 0.1) is 41.7 Å². The molecule has 0 unspecified atom stereocenters. The topological polar surface area (TPSA) is 88.4 Å². The number of benzene rings is 3. The lowest BCUT2D eigenvalue weighted by atomic mass is 9.96. The number of thiazole rings is 1. The molecule has 1 aliphatic heterocycles. The number of esters is 1. The predicted octanol–water partition coefficient (Wildman–Crippen LogP) is 6.56. The highest BCUT2D eigenvalue weighted by atomic mass is 35.5. The van der Waals surface area contributed by atoms with E-state index in [0.29, 0.717) is 62.5 Å². The van der Waals surface area contributed by atoms with E-state index in [1.807, 2.05) is 61.5 Å². The van der Waals surface area contributed by atoms with Crippen molar-refractivity contribution >= 4 is 35.0 Å². The summed E-state index contributed by atoms with van der Waals surface area (Å²) >= 11 is 7.31. The Hall–Kier alpha value is -4.60. The van der Waals surface area contributed by atoms with E-state index in [1.165, 1.54) is 11.3 Å². The van der Waals surface area contributed by atoms with Crippen molar-refractivity contribution in [2.24, 2.45) is 4.99 Å². The summed E-state index contributed by atoms with van der Waals surface area (Å²) < 4.78 is 25.3. The number of carbonyl (C=O) groups excluding carboxylic acids is 1. The first-order chi connectivity index (χ1) is 22.6. The van der Waals surface area contributed by atoms with Crippen LogP contribution in [-0.4, -0.2) is 30.4 Å². The molecule has 244 valence electrons. The third kappa shape index (κ3) is 7.53. The average Bonchev–Trinajstić information content (AvgIpc) is 3.34. The van der Waals surface area contributed by atoms with Gasteiger partial charge in [0.15, 0.2) is 16.3 Å². The Morgan fingerprint density at radius 2 is 1.83 bits per heavy atom. The van der Waals surface area contributed by atoms with Crippen molar-refractivity contribution in [3.63, 3.8) is 0 Å². The van der Waals surface area contributed by atoms with E-state index in [0.717, 1.165) is 22.3 Å². The van der Waals surface area contributed by atoms with Crippen molar-refractivity contribution in [1.82, 2.24) is 4.57 Å². The number of halogens is 1. The summed E-state index contributed by atoms with van der Waals surface area (Å²) in [5.41, 5.74) is 3.86. The van der Waals surface area contributed by atoms with E-state index in [2.05, 4.69) is 6.58 Å². The lowest BCUT2D eigenvalue weighted by Gasteiger charge is -2.25. The van der Waals surface area contributed by atoms with Crippen LogP contribution in [0.2, 0.25) is 5.02 Å². The summed E-state index contributed by atoms with van der Waals surface area (Å²) in [6, 6.07) is 17.9. The normalized spacial score (nSPS) is 14.4. The minimum Gasteiger partial charge on any atom is -0.497 e. The first kappa shape index (κ1) is 33.8. The maximum Gasteiger partial charge on any atom is 0.338 e. The van der Waals surface area contributed by atoms with Crippen molar-refractivity contribution in [2.75, 3.05) is 13.7 Å². The van der Waals surface area contributed by atoms with Crippen LogP contribution in [0.15, 0.2) is 94.4 Å². The summed E-state index contributed by atoms with van der Waals surface area (Å²) in [6.45, 7) is 11.9. The maximum absolute atomic E-state index is 14.2. The van der Waals surface area contributed by atoms with Gasteiger partial charge in [0.25, 0.3) is 5.56 Å². The minimum atomic E-state index is -0.732. The molecule has 2 heterocycles. The van der Waals surface area contributed by atoms with Crippen molar-refractivity contribution in [2.45, 2.75) is 52.9 Å². The molecular formula is C37H37ClN2O6S. The Labute approximate surface area is 282 Å². The molecule has 5 rings (SSSR count). The van der Waals surface area contributed by atoms with Gasteiger partial charge < -0.3 is 18.9 Å². The molecule has 1 aliphatic rings. The molecule has 0 radical (unpaired) electrons. The molecule has 0 saturated heterocycles. The highest BCUT2D eigenvalue weighted by Gasteiger charge is 2.34. The first-order valence-corrected chi connectivity index (χ1v) is 16.5. The van der Waals surface area contributed by atoms with Gasteiger partial charge >= 0.3 is 5.97 Å². The molecule has 0 amide bonds. The standard InChI is InChI=1S/C37H37ClN2O6S/c1-7-9-27-18-25(19-30(44-8-2)34(27)45-21-24-10-14-28(38)15-11-24)20-31-35(41)40-33(26-12-16-29(43-6)17-13-26)32(36(42)46-22(3)4)23(5)39-37(40)47-31/h7,10-20,22,33H,1,8-9,21H2,2-6H3/b31-20+/t33-/m1/s1. The van der Waals surface area contributed by atoms with Crippen LogP contribution in [0.4, 0.5) is 0 Å². The summed E-state index contributed by atoms with van der Waals surface area (Å²) in [7, 11) is 1.59. The van der Waals surface area contributed by atoms with Crippen LogP contribution in [-0.2, 0) is 22.6 Å². The number of nitrogens with zero attached hydrogens (tertiary/aromatic N) is 2. The summed E-state index contributed by atoms with van der Waals surface area (Å²) in [5.74, 6) is 1.32. The highest BCUT2D eigenvalue weighted by Crippen LogP contribution is 2.35. The molecule has 3 aromatic carbocycles. The fourth-order valence-electron chi connectivity index (χ4n) is 5.35. The molecule has 0 spiro atoms. The summed E-state index contributed by atoms with van der Waals surface area (Å²) in [5, 5.41) is 0.655. The van der Waals surface area contributed by atoms with E-state index >= 15 is 0 Å². The second-order valence-electron chi connectivity index (χ2n) is 11.2. The molecule has 8 nitrogen and oxygen atoms in total. The molecule has 0 fully saturated rings. The predicted molar refractivity (Wildman–Crippen MR) is 185 cm³/mol. The molecule has 0 saturated carbocycles. The fraction of sp³-hybridized carbons (Fsp3) is 0.270. The van der Waals surface area contributed by atoms with Gasteiger partial charge in [0, 0.05) is 10.6 Å². The SMILES string of the molecule is C=CCc1cc(/C=c2/sc3n(c2=O)[C@H](c2ccc(OC)cc2)C(C(=O)OC(C)C)=C(C)N=3)cc(OCC)c1OCc1ccc(Cl)cc1. The maximum atomic E-state index is 14.2. The molecule has 1 aromatic heterocycles. The summed E-state index contributed by atoms with van der Waals surface area (Å²) in [4.78, 5) is 32.8. The third-order valence-corrected chi connectivity index (χ3v) is 8.66. The molecule has 1 atom stereocenters. The van der Waals surface area contributed by atoms with Crippen LogP contribution in [0.3, 0.4) is 0 Å². The Balaban J connectivity index is 1.62. The largest absolute Gasteiger partial charge is 0.497 e. The third-order valence-electron chi connectivity index (χ3n) is 7.43. The number of carbonyl (C=O) groups is 1. The average molecular weight is 673 g/mol. The number of methoxy groups -OCH3 is 1. The van der Waals surface area contributed by atoms with Crippen molar-refractivity contribution < 1.29 is 23.7 Å². The zero-order valence-electron chi connectivity index (χ0n) is 27.0. The Bertz CT molecular complexity index is 1990. The zero-order valence-corrected chi connectivity index (χ0v) is 28.6. The number of ether oxygens (including phenoxy) is 4. The molecular weight excluding hydrogens is 636 g/mol. The number of hydrogen-bond donors (Lipinski definition) is 0. The van der Waals surface area contributed by atoms with Crippen molar-refractivity contribution in [1.29, 1.82) is 0 Å². The molecule has 10 heteroatoms. The molecule has 0 bridgehead atoms. The lowest BCUT2D eigenvalue weighted by molar-refractivity contribution is -0.143. The van der Waals surface area contributed by atoms with Crippen LogP contribution in [0.5, 0.6) is 17.2 Å².